The largest absolute Gasteiger partial charge is 0.493 e. The summed E-state index contributed by atoms with van der Waals surface area (Å²) >= 11 is 0. The highest BCUT2D eigenvalue weighted by Crippen LogP contribution is 2.39. The van der Waals surface area contributed by atoms with E-state index in [2.05, 4.69) is 6.92 Å². The Morgan fingerprint density at radius 2 is 2.00 bits per heavy atom. The summed E-state index contributed by atoms with van der Waals surface area (Å²) < 4.78 is 24.1. The first kappa shape index (κ1) is 10.3. The number of hydrogen-bond acceptors (Lipinski definition) is 2. The van der Waals surface area contributed by atoms with Crippen molar-refractivity contribution >= 4 is 0 Å². The maximum Gasteiger partial charge on any atom is 0.197 e. The van der Waals surface area contributed by atoms with E-state index in [1.54, 1.807) is 0 Å². The third-order valence-electron chi connectivity index (χ3n) is 2.93. The smallest absolute Gasteiger partial charge is 0.197 e. The molecule has 1 aliphatic rings. The van der Waals surface area contributed by atoms with Gasteiger partial charge in [-0.15, -0.1) is 0 Å². The van der Waals surface area contributed by atoms with Gasteiger partial charge in [0.1, 0.15) is 0 Å². The van der Waals surface area contributed by atoms with Crippen molar-refractivity contribution in [3.8, 4) is 11.5 Å². The van der Waals surface area contributed by atoms with E-state index >= 15 is 0 Å². The number of methoxy groups -OCH3 is 2. The van der Waals surface area contributed by atoms with Crippen molar-refractivity contribution in [1.29, 1.82) is 0 Å². The molecule has 3 heteroatoms. The Labute approximate surface area is 89.0 Å². The van der Waals surface area contributed by atoms with Crippen LogP contribution in [0.4, 0.5) is 4.39 Å². The van der Waals surface area contributed by atoms with Gasteiger partial charge < -0.3 is 9.47 Å². The highest BCUT2D eigenvalue weighted by atomic mass is 19.1. The van der Waals surface area contributed by atoms with Crippen LogP contribution in [0.5, 0.6) is 11.5 Å². The lowest BCUT2D eigenvalue weighted by atomic mass is 10.1. The number of benzene rings is 1. The topological polar surface area (TPSA) is 18.5 Å². The van der Waals surface area contributed by atoms with Gasteiger partial charge >= 0.3 is 0 Å². The van der Waals surface area contributed by atoms with Crippen molar-refractivity contribution in [3.05, 3.63) is 23.0 Å². The van der Waals surface area contributed by atoms with Gasteiger partial charge in [0.15, 0.2) is 17.3 Å². The summed E-state index contributed by atoms with van der Waals surface area (Å²) in [5.41, 5.74) is 1.85. The highest BCUT2D eigenvalue weighted by molar-refractivity contribution is 5.50. The fourth-order valence-corrected chi connectivity index (χ4v) is 2.24. The minimum absolute atomic E-state index is 0.227. The summed E-state index contributed by atoms with van der Waals surface area (Å²) in [5.74, 6) is 0.968. The lowest BCUT2D eigenvalue weighted by molar-refractivity contribution is 0.336. The first-order valence-corrected chi connectivity index (χ1v) is 5.09. The summed E-state index contributed by atoms with van der Waals surface area (Å²) in [6, 6.07) is 1.89. The van der Waals surface area contributed by atoms with Gasteiger partial charge in [-0.1, -0.05) is 6.92 Å². The monoisotopic (exact) mass is 210 g/mol. The molecule has 1 unspecified atom stereocenters. The molecule has 0 N–H and O–H groups in total. The zero-order valence-corrected chi connectivity index (χ0v) is 9.26. The molecule has 0 aromatic heterocycles. The van der Waals surface area contributed by atoms with E-state index in [-0.39, 0.29) is 11.6 Å². The number of fused-ring (bicyclic) bond motifs is 1. The van der Waals surface area contributed by atoms with Gasteiger partial charge in [0, 0.05) is 0 Å². The number of halogens is 1. The summed E-state index contributed by atoms with van der Waals surface area (Å²) in [5, 5.41) is 0. The SMILES string of the molecule is COc1cc2c(c(F)c1OC)CC(C)C2. The van der Waals surface area contributed by atoms with Crippen LogP contribution in [0.25, 0.3) is 0 Å². The van der Waals surface area contributed by atoms with Gasteiger partial charge in [-0.3, -0.25) is 0 Å². The second-order valence-corrected chi connectivity index (χ2v) is 4.08. The minimum Gasteiger partial charge on any atom is -0.493 e. The molecule has 0 bridgehead atoms. The minimum atomic E-state index is -0.254. The van der Waals surface area contributed by atoms with Crippen molar-refractivity contribution in [2.45, 2.75) is 19.8 Å². The van der Waals surface area contributed by atoms with Crippen LogP contribution < -0.4 is 9.47 Å². The molecule has 1 aromatic rings. The first-order valence-electron chi connectivity index (χ1n) is 5.09. The molecule has 0 fully saturated rings. The second kappa shape index (κ2) is 3.72. The van der Waals surface area contributed by atoms with Crippen molar-refractivity contribution < 1.29 is 13.9 Å². The maximum atomic E-state index is 14.0. The van der Waals surface area contributed by atoms with Crippen LogP contribution in [-0.2, 0) is 12.8 Å². The molecule has 1 aromatic carbocycles. The van der Waals surface area contributed by atoms with E-state index in [4.69, 9.17) is 9.47 Å². The number of rotatable bonds is 2. The second-order valence-electron chi connectivity index (χ2n) is 4.08. The Bertz CT molecular complexity index is 388. The Morgan fingerprint density at radius 3 is 2.60 bits per heavy atom. The van der Waals surface area contributed by atoms with Gasteiger partial charge in [-0.2, -0.15) is 0 Å². The predicted octanol–water partition coefficient (Wildman–Crippen LogP) is 2.58. The van der Waals surface area contributed by atoms with Crippen LogP contribution in [0, 0.1) is 11.7 Å². The van der Waals surface area contributed by atoms with Gasteiger partial charge in [0.05, 0.1) is 14.2 Å². The third-order valence-corrected chi connectivity index (χ3v) is 2.93. The van der Waals surface area contributed by atoms with Gasteiger partial charge in [0.2, 0.25) is 0 Å². The summed E-state index contributed by atoms with van der Waals surface area (Å²) in [6.07, 6.45) is 1.72. The molecule has 82 valence electrons. The summed E-state index contributed by atoms with van der Waals surface area (Å²) in [6.45, 7) is 2.12. The normalized spacial score (nSPS) is 18.8. The zero-order valence-electron chi connectivity index (χ0n) is 9.26. The molecule has 2 nitrogen and oxygen atoms in total. The van der Waals surface area contributed by atoms with E-state index in [1.807, 2.05) is 6.07 Å². The van der Waals surface area contributed by atoms with Crippen LogP contribution in [0.15, 0.2) is 6.07 Å². The Morgan fingerprint density at radius 1 is 1.27 bits per heavy atom. The number of hydrogen-bond donors (Lipinski definition) is 0. The molecule has 0 saturated carbocycles. The Hall–Kier alpha value is -1.25. The van der Waals surface area contributed by atoms with Gasteiger partial charge in [-0.05, 0) is 36.0 Å². The maximum absolute atomic E-state index is 14.0. The molecule has 0 aliphatic heterocycles. The van der Waals surface area contributed by atoms with E-state index < -0.39 is 0 Å². The van der Waals surface area contributed by atoms with Gasteiger partial charge in [-0.25, -0.2) is 4.39 Å². The van der Waals surface area contributed by atoms with E-state index in [9.17, 15) is 4.39 Å². The molecule has 0 heterocycles. The molecule has 0 spiro atoms. The average Bonchev–Trinajstić information content (AvgIpc) is 2.59. The quantitative estimate of drug-likeness (QED) is 0.747. The Kier molecular flexibility index (Phi) is 2.55. The van der Waals surface area contributed by atoms with Crippen molar-refractivity contribution in [1.82, 2.24) is 0 Å². The molecule has 15 heavy (non-hydrogen) atoms. The fourth-order valence-electron chi connectivity index (χ4n) is 2.24. The molecule has 1 aliphatic carbocycles. The average molecular weight is 210 g/mol. The number of ether oxygens (including phenoxy) is 2. The molecular formula is C12H15FO2. The first-order chi connectivity index (χ1) is 7.17. The van der Waals surface area contributed by atoms with Crippen molar-refractivity contribution in [2.75, 3.05) is 14.2 Å². The summed E-state index contributed by atoms with van der Waals surface area (Å²) in [7, 11) is 2.99. The molecule has 0 amide bonds. The lowest BCUT2D eigenvalue weighted by Crippen LogP contribution is -1.98. The third kappa shape index (κ3) is 1.56. The molecular weight excluding hydrogens is 195 g/mol. The van der Waals surface area contributed by atoms with E-state index in [0.29, 0.717) is 11.7 Å². The molecule has 0 radical (unpaired) electrons. The van der Waals surface area contributed by atoms with E-state index in [1.165, 1.54) is 14.2 Å². The van der Waals surface area contributed by atoms with Crippen LogP contribution in [0.1, 0.15) is 18.1 Å². The van der Waals surface area contributed by atoms with Crippen molar-refractivity contribution in [2.24, 2.45) is 5.92 Å². The van der Waals surface area contributed by atoms with Crippen LogP contribution in [0.2, 0.25) is 0 Å². The van der Waals surface area contributed by atoms with Crippen LogP contribution in [0.3, 0.4) is 0 Å². The van der Waals surface area contributed by atoms with E-state index in [0.717, 1.165) is 24.0 Å². The molecule has 1 atom stereocenters. The standard InChI is InChI=1S/C12H15FO2/c1-7-4-8-6-10(14-2)12(15-3)11(13)9(8)5-7/h6-7H,4-5H2,1-3H3. The van der Waals surface area contributed by atoms with Crippen LogP contribution >= 0.6 is 0 Å². The van der Waals surface area contributed by atoms with Gasteiger partial charge in [0.25, 0.3) is 0 Å². The fraction of sp³-hybridized carbons (Fsp3) is 0.500. The predicted molar refractivity (Wildman–Crippen MR) is 56.1 cm³/mol. The molecule has 0 saturated heterocycles. The molecule has 2 rings (SSSR count). The van der Waals surface area contributed by atoms with Crippen LogP contribution in [-0.4, -0.2) is 14.2 Å². The summed E-state index contributed by atoms with van der Waals surface area (Å²) in [4.78, 5) is 0. The highest BCUT2D eigenvalue weighted by Gasteiger charge is 2.26. The lowest BCUT2D eigenvalue weighted by Gasteiger charge is -2.11. The zero-order chi connectivity index (χ0) is 11.0. The van der Waals surface area contributed by atoms with Crippen molar-refractivity contribution in [3.63, 3.8) is 0 Å². The Balaban J connectivity index is 2.56.